The second-order valence-electron chi connectivity index (χ2n) is 6.69. The Morgan fingerprint density at radius 1 is 1.44 bits per heavy atom. The first kappa shape index (κ1) is 17.5. The van der Waals surface area contributed by atoms with Gasteiger partial charge in [0.1, 0.15) is 17.3 Å². The second-order valence-corrected chi connectivity index (χ2v) is 6.69. The average molecular weight is 343 g/mol. The molecule has 0 radical (unpaired) electrons. The van der Waals surface area contributed by atoms with E-state index in [4.69, 9.17) is 4.74 Å². The summed E-state index contributed by atoms with van der Waals surface area (Å²) in [5, 5.41) is 12.7. The van der Waals surface area contributed by atoms with Gasteiger partial charge in [0, 0.05) is 17.8 Å². The lowest BCUT2D eigenvalue weighted by Crippen LogP contribution is -2.33. The predicted molar refractivity (Wildman–Crippen MR) is 95.6 cm³/mol. The van der Waals surface area contributed by atoms with Crippen molar-refractivity contribution in [2.24, 2.45) is 5.92 Å². The van der Waals surface area contributed by atoms with Crippen LogP contribution in [-0.2, 0) is 0 Å². The summed E-state index contributed by atoms with van der Waals surface area (Å²) in [6.07, 6.45) is 3.46. The fraction of sp³-hybridized carbons (Fsp3) is 0.474. The topological polar surface area (TPSA) is 87.2 Å². The van der Waals surface area contributed by atoms with Crippen LogP contribution in [0.2, 0.25) is 0 Å². The molecule has 2 aromatic rings. The van der Waals surface area contributed by atoms with E-state index in [1.807, 2.05) is 31.2 Å². The number of carbonyl (C=O) groups excluding carboxylic acids is 1. The molecule has 1 aromatic carbocycles. The fourth-order valence-corrected chi connectivity index (χ4v) is 3.36. The maximum absolute atomic E-state index is 12.5. The molecule has 2 unspecified atom stereocenters. The number of ether oxygens (including phenoxy) is 1. The van der Waals surface area contributed by atoms with Gasteiger partial charge in [-0.2, -0.15) is 0 Å². The first-order chi connectivity index (χ1) is 12.1. The van der Waals surface area contributed by atoms with Crippen molar-refractivity contribution in [3.05, 3.63) is 35.7 Å². The van der Waals surface area contributed by atoms with Gasteiger partial charge in [-0.15, -0.1) is 0 Å². The highest BCUT2D eigenvalue weighted by Crippen LogP contribution is 2.24. The first-order valence-electron chi connectivity index (χ1n) is 8.74. The molecule has 6 heteroatoms. The fourth-order valence-electron chi connectivity index (χ4n) is 3.36. The van der Waals surface area contributed by atoms with E-state index >= 15 is 0 Å². The number of H-pyrrole nitrogens is 1. The lowest BCUT2D eigenvalue weighted by molar-refractivity contribution is 0.0870. The SMILES string of the molecule is COc1cccc(-c2nc(C(=O)NCC3CCCC(O)C3)c(C)[nH]2)c1. The number of amides is 1. The van der Waals surface area contributed by atoms with Crippen molar-refractivity contribution < 1.29 is 14.6 Å². The molecule has 25 heavy (non-hydrogen) atoms. The normalized spacial score (nSPS) is 20.3. The number of aromatic nitrogens is 2. The van der Waals surface area contributed by atoms with Crippen LogP contribution in [0.3, 0.4) is 0 Å². The number of aromatic amines is 1. The van der Waals surface area contributed by atoms with Crippen molar-refractivity contribution in [2.45, 2.75) is 38.7 Å². The predicted octanol–water partition coefficient (Wildman–Crippen LogP) is 2.67. The molecule has 1 aliphatic rings. The molecule has 134 valence electrons. The Morgan fingerprint density at radius 2 is 2.28 bits per heavy atom. The molecule has 3 N–H and O–H groups in total. The van der Waals surface area contributed by atoms with Crippen molar-refractivity contribution in [1.82, 2.24) is 15.3 Å². The number of nitrogens with zero attached hydrogens (tertiary/aromatic N) is 1. The summed E-state index contributed by atoms with van der Waals surface area (Å²) in [6, 6.07) is 7.56. The molecule has 0 aliphatic heterocycles. The second kappa shape index (κ2) is 7.70. The number of imidazole rings is 1. The molecule has 1 amide bonds. The summed E-state index contributed by atoms with van der Waals surface area (Å²) < 4.78 is 5.23. The number of benzene rings is 1. The number of hydrogen-bond donors (Lipinski definition) is 3. The van der Waals surface area contributed by atoms with Gasteiger partial charge in [-0.1, -0.05) is 18.6 Å². The van der Waals surface area contributed by atoms with Crippen molar-refractivity contribution in [2.75, 3.05) is 13.7 Å². The van der Waals surface area contributed by atoms with Gasteiger partial charge >= 0.3 is 0 Å². The molecule has 0 saturated heterocycles. The summed E-state index contributed by atoms with van der Waals surface area (Å²) in [6.45, 7) is 2.42. The van der Waals surface area contributed by atoms with Crippen LogP contribution in [0.15, 0.2) is 24.3 Å². The van der Waals surface area contributed by atoms with Crippen LogP contribution in [0, 0.1) is 12.8 Å². The lowest BCUT2D eigenvalue weighted by Gasteiger charge is -2.25. The highest BCUT2D eigenvalue weighted by Gasteiger charge is 2.22. The molecule has 3 rings (SSSR count). The molecular formula is C19H25N3O3. The van der Waals surface area contributed by atoms with Crippen LogP contribution >= 0.6 is 0 Å². The van der Waals surface area contributed by atoms with E-state index in [2.05, 4.69) is 15.3 Å². The Bertz CT molecular complexity index is 741. The monoisotopic (exact) mass is 343 g/mol. The van der Waals surface area contributed by atoms with Crippen LogP contribution in [0.1, 0.15) is 41.9 Å². The van der Waals surface area contributed by atoms with E-state index in [0.717, 1.165) is 42.7 Å². The minimum Gasteiger partial charge on any atom is -0.497 e. The Morgan fingerprint density at radius 3 is 3.04 bits per heavy atom. The Labute approximate surface area is 147 Å². The van der Waals surface area contributed by atoms with Gasteiger partial charge in [0.2, 0.25) is 0 Å². The third-order valence-electron chi connectivity index (χ3n) is 4.75. The first-order valence-corrected chi connectivity index (χ1v) is 8.74. The van der Waals surface area contributed by atoms with E-state index in [9.17, 15) is 9.90 Å². The number of methoxy groups -OCH3 is 1. The molecule has 1 aromatic heterocycles. The van der Waals surface area contributed by atoms with Crippen LogP contribution in [-0.4, -0.2) is 40.7 Å². The zero-order valence-electron chi connectivity index (χ0n) is 14.7. The number of rotatable bonds is 5. The molecule has 1 heterocycles. The van der Waals surface area contributed by atoms with Crippen LogP contribution in [0.4, 0.5) is 0 Å². The van der Waals surface area contributed by atoms with E-state index in [1.165, 1.54) is 0 Å². The number of carbonyl (C=O) groups is 1. The zero-order valence-corrected chi connectivity index (χ0v) is 14.7. The molecule has 1 aliphatic carbocycles. The molecule has 0 spiro atoms. The van der Waals surface area contributed by atoms with Crippen LogP contribution in [0.25, 0.3) is 11.4 Å². The van der Waals surface area contributed by atoms with Gasteiger partial charge in [-0.25, -0.2) is 4.98 Å². The third kappa shape index (κ3) is 4.20. The van der Waals surface area contributed by atoms with Crippen molar-refractivity contribution in [1.29, 1.82) is 0 Å². The third-order valence-corrected chi connectivity index (χ3v) is 4.75. The minimum atomic E-state index is -0.234. The van der Waals surface area contributed by atoms with E-state index in [1.54, 1.807) is 7.11 Å². The molecule has 2 atom stereocenters. The van der Waals surface area contributed by atoms with Gasteiger partial charge < -0.3 is 20.1 Å². The maximum Gasteiger partial charge on any atom is 0.271 e. The molecule has 1 saturated carbocycles. The average Bonchev–Trinajstić information content (AvgIpc) is 3.02. The van der Waals surface area contributed by atoms with Gasteiger partial charge in [0.25, 0.3) is 5.91 Å². The summed E-state index contributed by atoms with van der Waals surface area (Å²) >= 11 is 0. The quantitative estimate of drug-likeness (QED) is 0.779. The van der Waals surface area contributed by atoms with Crippen LogP contribution in [0.5, 0.6) is 5.75 Å². The molecule has 6 nitrogen and oxygen atoms in total. The number of aliphatic hydroxyl groups is 1. The van der Waals surface area contributed by atoms with Crippen molar-refractivity contribution >= 4 is 5.91 Å². The zero-order chi connectivity index (χ0) is 17.8. The lowest BCUT2D eigenvalue weighted by atomic mass is 9.87. The standard InChI is InChI=1S/C19H25N3O3/c1-12-17(19(24)20-11-13-5-3-7-15(23)9-13)22-18(21-12)14-6-4-8-16(10-14)25-2/h4,6,8,10,13,15,23H,3,5,7,9,11H2,1-2H3,(H,20,24)(H,21,22). The smallest absolute Gasteiger partial charge is 0.271 e. The Hall–Kier alpha value is -2.34. The van der Waals surface area contributed by atoms with E-state index in [0.29, 0.717) is 24.0 Å². The van der Waals surface area contributed by atoms with E-state index in [-0.39, 0.29) is 12.0 Å². The molecular weight excluding hydrogens is 318 g/mol. The number of aliphatic hydroxyl groups excluding tert-OH is 1. The van der Waals surface area contributed by atoms with Crippen LogP contribution < -0.4 is 10.1 Å². The van der Waals surface area contributed by atoms with Crippen molar-refractivity contribution in [3.8, 4) is 17.1 Å². The van der Waals surface area contributed by atoms with Gasteiger partial charge in [-0.05, 0) is 44.2 Å². The van der Waals surface area contributed by atoms with Gasteiger partial charge in [-0.3, -0.25) is 4.79 Å². The summed E-state index contributed by atoms with van der Waals surface area (Å²) in [5.74, 6) is 1.55. The minimum absolute atomic E-state index is 0.178. The molecule has 1 fully saturated rings. The van der Waals surface area contributed by atoms with Crippen molar-refractivity contribution in [3.63, 3.8) is 0 Å². The van der Waals surface area contributed by atoms with Gasteiger partial charge in [0.05, 0.1) is 13.2 Å². The number of hydrogen-bond acceptors (Lipinski definition) is 4. The number of nitrogens with one attached hydrogen (secondary N) is 2. The summed E-state index contributed by atoms with van der Waals surface area (Å²) in [5.41, 5.74) is 2.02. The number of aryl methyl sites for hydroxylation is 1. The van der Waals surface area contributed by atoms with Gasteiger partial charge in [0.15, 0.2) is 0 Å². The highest BCUT2D eigenvalue weighted by atomic mass is 16.5. The van der Waals surface area contributed by atoms with E-state index < -0.39 is 0 Å². The maximum atomic E-state index is 12.5. The Kier molecular flexibility index (Phi) is 5.38. The highest BCUT2D eigenvalue weighted by molar-refractivity contribution is 5.94. The Balaban J connectivity index is 1.68. The summed E-state index contributed by atoms with van der Waals surface area (Å²) in [4.78, 5) is 20.1. The largest absolute Gasteiger partial charge is 0.497 e. The molecule has 0 bridgehead atoms. The summed E-state index contributed by atoms with van der Waals surface area (Å²) in [7, 11) is 1.62.